The number of hydrogen-bond acceptors (Lipinski definition) is 4. The summed E-state index contributed by atoms with van der Waals surface area (Å²) in [5.74, 6) is 2.08. The van der Waals surface area contributed by atoms with Crippen LogP contribution >= 0.6 is 11.3 Å². The largest absolute Gasteiger partial charge is 2.00 e. The summed E-state index contributed by atoms with van der Waals surface area (Å²) in [6.45, 7) is 6.67. The zero-order valence-electron chi connectivity index (χ0n) is 26.9. The van der Waals surface area contributed by atoms with Gasteiger partial charge in [-0.25, -0.2) is 4.98 Å². The minimum absolute atomic E-state index is 0. The van der Waals surface area contributed by atoms with Gasteiger partial charge in [0, 0.05) is 61.3 Å². The van der Waals surface area contributed by atoms with Crippen LogP contribution in [0.1, 0.15) is 26.3 Å². The summed E-state index contributed by atoms with van der Waals surface area (Å²) in [6.07, 6.45) is 5.81. The Kier molecular flexibility index (Phi) is 6.73. The summed E-state index contributed by atoms with van der Waals surface area (Å²) in [5, 5.41) is 7.96. The first kappa shape index (κ1) is 30.0. The molecule has 0 atom stereocenters. The Morgan fingerprint density at radius 2 is 1.45 bits per heavy atom. The van der Waals surface area contributed by atoms with Crippen molar-refractivity contribution in [3.8, 4) is 17.3 Å². The molecule has 0 unspecified atom stereocenters. The second-order valence-corrected chi connectivity index (χ2v) is 14.4. The van der Waals surface area contributed by atoms with Gasteiger partial charge in [0.1, 0.15) is 5.82 Å². The van der Waals surface area contributed by atoms with Crippen molar-refractivity contribution in [2.45, 2.75) is 26.2 Å². The Morgan fingerprint density at radius 3 is 2.31 bits per heavy atom. The zero-order valence-corrected chi connectivity index (χ0v) is 29.3. The molecule has 5 aromatic heterocycles. The van der Waals surface area contributed by atoms with Crippen LogP contribution in [0.2, 0.25) is 0 Å². The van der Waals surface area contributed by atoms with Gasteiger partial charge in [-0.15, -0.1) is 41.0 Å². The van der Waals surface area contributed by atoms with Crippen molar-refractivity contribution in [1.29, 1.82) is 0 Å². The fraction of sp³-hybridized carbons (Fsp3) is 0.0952. The van der Waals surface area contributed by atoms with Crippen LogP contribution in [-0.4, -0.2) is 18.9 Å². The number of thiophene rings is 1. The smallest absolute Gasteiger partial charge is 0.503 e. The molecule has 0 fully saturated rings. The molecule has 10 rings (SSSR count). The van der Waals surface area contributed by atoms with E-state index in [1.807, 2.05) is 42.1 Å². The van der Waals surface area contributed by atoms with E-state index in [1.165, 1.54) is 31.3 Å². The number of ether oxygens (including phenoxy) is 1. The third-order valence-electron chi connectivity index (χ3n) is 9.45. The molecule has 0 bridgehead atoms. The fourth-order valence-corrected chi connectivity index (χ4v) is 8.28. The Morgan fingerprint density at radius 1 is 0.694 bits per heavy atom. The number of aromatic nitrogens is 4. The van der Waals surface area contributed by atoms with Crippen molar-refractivity contribution in [2.24, 2.45) is 0 Å². The van der Waals surface area contributed by atoms with E-state index in [9.17, 15) is 0 Å². The van der Waals surface area contributed by atoms with E-state index in [0.29, 0.717) is 11.5 Å². The van der Waals surface area contributed by atoms with Crippen molar-refractivity contribution >= 4 is 80.6 Å². The first-order valence-electron chi connectivity index (χ1n) is 16.1. The average molecular weight is 743 g/mol. The van der Waals surface area contributed by atoms with E-state index in [0.717, 1.165) is 49.4 Å². The molecular weight excluding hydrogens is 715 g/mol. The molecule has 238 valence electrons. The quantitative estimate of drug-likeness (QED) is 0.103. The van der Waals surface area contributed by atoms with Gasteiger partial charge in [-0.1, -0.05) is 85.6 Å². The number of benzene rings is 5. The number of pyridine rings is 2. The maximum Gasteiger partial charge on any atom is 2.00 e. The number of hydrogen-bond donors (Lipinski definition) is 0. The van der Waals surface area contributed by atoms with E-state index < -0.39 is 0 Å². The first-order valence-corrected chi connectivity index (χ1v) is 16.9. The van der Waals surface area contributed by atoms with E-state index in [4.69, 9.17) is 14.7 Å². The van der Waals surface area contributed by atoms with Gasteiger partial charge in [0.05, 0.1) is 5.65 Å². The molecule has 49 heavy (non-hydrogen) atoms. The Bertz CT molecular complexity index is 2930. The fourth-order valence-electron chi connectivity index (χ4n) is 7.17. The Hall–Kier alpha value is -5.06. The molecule has 0 aliphatic rings. The molecule has 0 N–H and O–H groups in total. The number of nitrogens with zero attached hydrogens (tertiary/aromatic N) is 4. The van der Waals surface area contributed by atoms with Crippen LogP contribution in [0.25, 0.3) is 75.1 Å². The number of imidazole rings is 1. The number of rotatable bonds is 3. The van der Waals surface area contributed by atoms with Gasteiger partial charge in [0.2, 0.25) is 0 Å². The van der Waals surface area contributed by atoms with Crippen LogP contribution in [0.4, 0.5) is 0 Å². The van der Waals surface area contributed by atoms with Crippen LogP contribution in [0.3, 0.4) is 0 Å². The van der Waals surface area contributed by atoms with Crippen molar-refractivity contribution in [3.63, 3.8) is 0 Å². The normalized spacial score (nSPS) is 12.2. The summed E-state index contributed by atoms with van der Waals surface area (Å²) in [5.41, 5.74) is 5.25. The van der Waals surface area contributed by atoms with Crippen molar-refractivity contribution in [1.82, 2.24) is 18.9 Å². The van der Waals surface area contributed by atoms with Gasteiger partial charge >= 0.3 is 20.4 Å². The van der Waals surface area contributed by atoms with Gasteiger partial charge in [0.25, 0.3) is 0 Å². The van der Waals surface area contributed by atoms with Gasteiger partial charge in [0.15, 0.2) is 0 Å². The molecule has 5 heterocycles. The van der Waals surface area contributed by atoms with Crippen LogP contribution < -0.4 is 4.74 Å². The van der Waals surface area contributed by atoms with Crippen LogP contribution in [0.5, 0.6) is 11.5 Å². The topological polar surface area (TPSA) is 44.4 Å². The molecule has 7 heteroatoms. The van der Waals surface area contributed by atoms with Gasteiger partial charge in [-0.2, -0.15) is 6.07 Å². The molecule has 0 amide bonds. The van der Waals surface area contributed by atoms with Crippen LogP contribution in [0, 0.1) is 12.1 Å². The minimum Gasteiger partial charge on any atom is -0.503 e. The van der Waals surface area contributed by atoms with Crippen LogP contribution in [0.15, 0.2) is 116 Å². The molecule has 0 saturated carbocycles. The summed E-state index contributed by atoms with van der Waals surface area (Å²) >= 11 is 1.83. The second-order valence-electron chi connectivity index (χ2n) is 13.4. The third kappa shape index (κ3) is 4.54. The van der Waals surface area contributed by atoms with E-state index in [2.05, 4.69) is 127 Å². The summed E-state index contributed by atoms with van der Waals surface area (Å²) in [7, 11) is 0. The summed E-state index contributed by atoms with van der Waals surface area (Å²) in [6, 6.07) is 41.2. The average Bonchev–Trinajstić information content (AvgIpc) is 3.82. The maximum atomic E-state index is 6.53. The first-order chi connectivity index (χ1) is 23.4. The van der Waals surface area contributed by atoms with Crippen molar-refractivity contribution < 1.29 is 25.2 Å². The SMILES string of the molecule is CC(C)(C)c1ccnc(-n2c3[c-]c(Oc4[c-]c5c(cc4)c4ccc6sc7ccccc7c6c4n4ccnc54)ccc3c3ccccc32)c1.[Pd+2]. The molecule has 5 nitrogen and oxygen atoms in total. The standard InChI is InChI=1S/C42H28N4OS.Pd/c1-42(2,3)25-18-19-43-38(22-25)46-34-10-6-4-8-29(34)30-15-13-27(24-35(30)46)47-26-12-14-28-31-16-17-37-39(32-9-5-7-11-36(32)48-37)40(31)45-21-20-44-41(45)33(28)23-26;/h4-22H,1-3H3;/q-2;+2. The Balaban J connectivity index is 0.00000325. The predicted molar refractivity (Wildman–Crippen MR) is 198 cm³/mol. The molecular formula is C42H28N4OPdS. The predicted octanol–water partition coefficient (Wildman–Crippen LogP) is 11.2. The summed E-state index contributed by atoms with van der Waals surface area (Å²) < 4.78 is 13.5. The summed E-state index contributed by atoms with van der Waals surface area (Å²) in [4.78, 5) is 9.62. The monoisotopic (exact) mass is 742 g/mol. The van der Waals surface area contributed by atoms with Crippen LogP contribution in [-0.2, 0) is 25.8 Å². The second kappa shape index (κ2) is 11.0. The molecule has 0 spiro atoms. The molecule has 10 aromatic rings. The van der Waals surface area contributed by atoms with E-state index in [1.54, 1.807) is 0 Å². The molecule has 0 radical (unpaired) electrons. The zero-order chi connectivity index (χ0) is 32.1. The van der Waals surface area contributed by atoms with Gasteiger partial charge in [-0.3, -0.25) is 4.98 Å². The van der Waals surface area contributed by atoms with Crippen molar-refractivity contribution in [2.75, 3.05) is 0 Å². The molecule has 0 saturated heterocycles. The molecule has 5 aromatic carbocycles. The maximum absolute atomic E-state index is 6.53. The molecule has 0 aliphatic carbocycles. The van der Waals surface area contributed by atoms with Gasteiger partial charge < -0.3 is 13.7 Å². The number of para-hydroxylation sites is 1. The Labute approximate surface area is 300 Å². The van der Waals surface area contributed by atoms with E-state index >= 15 is 0 Å². The van der Waals surface area contributed by atoms with Gasteiger partial charge in [-0.05, 0) is 52.1 Å². The third-order valence-corrected chi connectivity index (χ3v) is 10.6. The van der Waals surface area contributed by atoms with E-state index in [-0.39, 0.29) is 25.8 Å². The number of fused-ring (bicyclic) bond motifs is 13. The minimum atomic E-state index is -0.00452. The van der Waals surface area contributed by atoms with Crippen molar-refractivity contribution in [3.05, 3.63) is 133 Å². The molecule has 0 aliphatic heterocycles.